The largest absolute Gasteiger partial charge is 0.391 e. The van der Waals surface area contributed by atoms with Crippen molar-refractivity contribution in [3.05, 3.63) is 35.6 Å². The average molecular weight is 291 g/mol. The minimum absolute atomic E-state index is 0.133. The summed E-state index contributed by atoms with van der Waals surface area (Å²) in [7, 11) is -2.02. The van der Waals surface area contributed by atoms with Crippen LogP contribution in [0.25, 0.3) is 0 Å². The number of hydrogen-bond acceptors (Lipinski definition) is 4. The van der Waals surface area contributed by atoms with E-state index in [4.69, 9.17) is 4.74 Å². The molecule has 1 unspecified atom stereocenters. The van der Waals surface area contributed by atoms with Gasteiger partial charge in [0, 0.05) is 13.7 Å². The highest BCUT2D eigenvalue weighted by molar-refractivity contribution is 7.88. The maximum Gasteiger partial charge on any atom is 0.215 e. The summed E-state index contributed by atoms with van der Waals surface area (Å²) in [4.78, 5) is 0. The summed E-state index contributed by atoms with van der Waals surface area (Å²) in [5, 5.41) is 9.36. The van der Waals surface area contributed by atoms with Crippen LogP contribution in [0.15, 0.2) is 24.3 Å². The smallest absolute Gasteiger partial charge is 0.215 e. The number of aliphatic hydroxyl groups is 1. The van der Waals surface area contributed by atoms with Gasteiger partial charge in [-0.15, -0.1) is 0 Å². The monoisotopic (exact) mass is 291 g/mol. The second-order valence-corrected chi connectivity index (χ2v) is 5.98. The Morgan fingerprint density at radius 1 is 1.37 bits per heavy atom. The molecule has 0 amide bonds. The van der Waals surface area contributed by atoms with Gasteiger partial charge in [-0.1, -0.05) is 12.1 Å². The van der Waals surface area contributed by atoms with Crippen molar-refractivity contribution in [3.63, 3.8) is 0 Å². The Morgan fingerprint density at radius 3 is 2.58 bits per heavy atom. The first-order chi connectivity index (χ1) is 8.93. The third-order valence-corrected chi connectivity index (χ3v) is 3.79. The molecule has 0 heterocycles. The average Bonchev–Trinajstić information content (AvgIpc) is 2.32. The van der Waals surface area contributed by atoms with Crippen molar-refractivity contribution in [1.29, 1.82) is 0 Å². The first kappa shape index (κ1) is 16.0. The molecule has 2 N–H and O–H groups in total. The molecule has 0 aliphatic heterocycles. The van der Waals surface area contributed by atoms with Crippen LogP contribution in [-0.4, -0.2) is 39.9 Å². The molecule has 0 radical (unpaired) electrons. The van der Waals surface area contributed by atoms with Crippen LogP contribution in [0.1, 0.15) is 12.0 Å². The predicted molar refractivity (Wildman–Crippen MR) is 69.5 cm³/mol. The summed E-state index contributed by atoms with van der Waals surface area (Å²) in [5.74, 6) is -0.620. The SMILES string of the molecule is COCC(O)CCNS(=O)(=O)Cc1ccc(F)cc1. The van der Waals surface area contributed by atoms with Gasteiger partial charge >= 0.3 is 0 Å². The molecule has 1 rings (SSSR count). The van der Waals surface area contributed by atoms with Crippen LogP contribution < -0.4 is 4.72 Å². The topological polar surface area (TPSA) is 75.6 Å². The van der Waals surface area contributed by atoms with Gasteiger partial charge in [-0.2, -0.15) is 0 Å². The number of hydrogen-bond donors (Lipinski definition) is 2. The first-order valence-electron chi connectivity index (χ1n) is 5.82. The maximum absolute atomic E-state index is 12.7. The van der Waals surface area contributed by atoms with Crippen molar-refractivity contribution in [2.75, 3.05) is 20.3 Å². The zero-order valence-corrected chi connectivity index (χ0v) is 11.5. The van der Waals surface area contributed by atoms with E-state index in [1.165, 1.54) is 31.4 Å². The minimum Gasteiger partial charge on any atom is -0.391 e. The molecule has 1 aromatic carbocycles. The summed E-state index contributed by atoms with van der Waals surface area (Å²) < 4.78 is 43.2. The fraction of sp³-hybridized carbons (Fsp3) is 0.500. The Morgan fingerprint density at radius 2 is 2.00 bits per heavy atom. The van der Waals surface area contributed by atoms with E-state index in [1.807, 2.05) is 0 Å². The third kappa shape index (κ3) is 6.63. The lowest BCUT2D eigenvalue weighted by Crippen LogP contribution is -2.29. The van der Waals surface area contributed by atoms with Crippen LogP contribution in [-0.2, 0) is 20.5 Å². The van der Waals surface area contributed by atoms with Gasteiger partial charge < -0.3 is 9.84 Å². The molecular formula is C12H18FNO4S. The lowest BCUT2D eigenvalue weighted by atomic mass is 10.2. The van der Waals surface area contributed by atoms with Gasteiger partial charge in [0.05, 0.1) is 18.5 Å². The van der Waals surface area contributed by atoms with Gasteiger partial charge in [0.1, 0.15) is 5.82 Å². The predicted octanol–water partition coefficient (Wildman–Crippen LogP) is 0.643. The summed E-state index contributed by atoms with van der Waals surface area (Å²) in [5.41, 5.74) is 0.506. The highest BCUT2D eigenvalue weighted by Crippen LogP contribution is 2.06. The number of ether oxygens (including phenoxy) is 1. The number of benzene rings is 1. The van der Waals surface area contributed by atoms with E-state index in [0.29, 0.717) is 5.56 Å². The number of methoxy groups -OCH3 is 1. The van der Waals surface area contributed by atoms with E-state index in [0.717, 1.165) is 0 Å². The summed E-state index contributed by atoms with van der Waals surface area (Å²) in [6.07, 6.45) is -0.422. The van der Waals surface area contributed by atoms with Gasteiger partial charge in [0.25, 0.3) is 0 Å². The number of rotatable bonds is 8. The van der Waals surface area contributed by atoms with Gasteiger partial charge in [-0.05, 0) is 24.1 Å². The van der Waals surface area contributed by atoms with Crippen LogP contribution in [0.3, 0.4) is 0 Å². The van der Waals surface area contributed by atoms with Crippen molar-refractivity contribution in [3.8, 4) is 0 Å². The van der Waals surface area contributed by atoms with Gasteiger partial charge in [0.15, 0.2) is 0 Å². The number of halogens is 1. The molecule has 1 atom stereocenters. The van der Waals surface area contributed by atoms with E-state index >= 15 is 0 Å². The minimum atomic E-state index is -3.48. The fourth-order valence-corrected chi connectivity index (χ4v) is 2.67. The van der Waals surface area contributed by atoms with Gasteiger partial charge in [0.2, 0.25) is 10.0 Å². The molecule has 19 heavy (non-hydrogen) atoms. The van der Waals surface area contributed by atoms with Crippen LogP contribution in [0.4, 0.5) is 4.39 Å². The summed E-state index contributed by atoms with van der Waals surface area (Å²) >= 11 is 0. The molecule has 108 valence electrons. The van der Waals surface area contributed by atoms with Gasteiger partial charge in [-0.3, -0.25) is 0 Å². The summed E-state index contributed by atoms with van der Waals surface area (Å²) in [6, 6.07) is 5.28. The highest BCUT2D eigenvalue weighted by atomic mass is 32.2. The Bertz CT molecular complexity index is 475. The van der Waals surface area contributed by atoms with Crippen molar-refractivity contribution >= 4 is 10.0 Å². The second kappa shape index (κ2) is 7.54. The molecule has 0 aliphatic carbocycles. The van der Waals surface area contributed by atoms with Crippen molar-refractivity contribution < 1.29 is 22.7 Å². The van der Waals surface area contributed by atoms with Crippen LogP contribution in [0.5, 0.6) is 0 Å². The van der Waals surface area contributed by atoms with E-state index in [1.54, 1.807) is 0 Å². The quantitative estimate of drug-likeness (QED) is 0.737. The lowest BCUT2D eigenvalue weighted by Gasteiger charge is -2.10. The van der Waals surface area contributed by atoms with Crippen molar-refractivity contribution in [2.45, 2.75) is 18.3 Å². The Kier molecular flexibility index (Phi) is 6.36. The van der Waals surface area contributed by atoms with Crippen molar-refractivity contribution in [2.24, 2.45) is 0 Å². The Labute approximate surface area is 112 Å². The molecule has 0 saturated carbocycles. The maximum atomic E-state index is 12.7. The molecular weight excluding hydrogens is 273 g/mol. The lowest BCUT2D eigenvalue weighted by molar-refractivity contribution is 0.0603. The molecule has 0 aliphatic rings. The van der Waals surface area contributed by atoms with E-state index < -0.39 is 21.9 Å². The van der Waals surface area contributed by atoms with Crippen LogP contribution in [0.2, 0.25) is 0 Å². The molecule has 0 saturated heterocycles. The molecule has 0 aromatic heterocycles. The zero-order chi connectivity index (χ0) is 14.3. The standard InChI is InChI=1S/C12H18FNO4S/c1-18-8-12(15)6-7-14-19(16,17)9-10-2-4-11(13)5-3-10/h2-5,12,14-15H,6-9H2,1H3. The third-order valence-electron chi connectivity index (χ3n) is 2.43. The number of sulfonamides is 1. The zero-order valence-electron chi connectivity index (χ0n) is 10.7. The molecule has 0 spiro atoms. The molecule has 0 fully saturated rings. The van der Waals surface area contributed by atoms with Crippen LogP contribution in [0, 0.1) is 5.82 Å². The Balaban J connectivity index is 2.42. The van der Waals surface area contributed by atoms with Crippen LogP contribution >= 0.6 is 0 Å². The Hall–Kier alpha value is -1.02. The van der Waals surface area contributed by atoms with E-state index in [-0.39, 0.29) is 25.3 Å². The van der Waals surface area contributed by atoms with E-state index in [2.05, 4.69) is 4.72 Å². The first-order valence-corrected chi connectivity index (χ1v) is 7.47. The van der Waals surface area contributed by atoms with Crippen molar-refractivity contribution in [1.82, 2.24) is 4.72 Å². The van der Waals surface area contributed by atoms with E-state index in [9.17, 15) is 17.9 Å². The molecule has 1 aromatic rings. The summed E-state index contributed by atoms with van der Waals surface area (Å²) in [6.45, 7) is 0.299. The second-order valence-electron chi connectivity index (χ2n) is 4.18. The number of aliphatic hydroxyl groups excluding tert-OH is 1. The fourth-order valence-electron chi connectivity index (χ4n) is 1.51. The molecule has 7 heteroatoms. The molecule has 5 nitrogen and oxygen atoms in total. The molecule has 0 bridgehead atoms. The normalized spacial score (nSPS) is 13.4. The van der Waals surface area contributed by atoms with Gasteiger partial charge in [-0.25, -0.2) is 17.5 Å². The highest BCUT2D eigenvalue weighted by Gasteiger charge is 2.12. The number of nitrogens with one attached hydrogen (secondary N) is 1.